The SMILES string of the molecule is c1ccc(-c2ccc3c(c2)c2cc4c5ccccc5n5c6ccccc6c(c2n3-c2nc(-c3ccccc3)c3c(n2)oc2ccccc23)c45)cc1. The van der Waals surface area contributed by atoms with Crippen molar-refractivity contribution in [3.63, 3.8) is 0 Å². The zero-order valence-corrected chi connectivity index (χ0v) is 27.2. The molecule has 0 bridgehead atoms. The monoisotopic (exact) mass is 650 g/mol. The number of fused-ring (bicyclic) bond motifs is 13. The van der Waals surface area contributed by atoms with E-state index in [2.05, 4.69) is 142 Å². The lowest BCUT2D eigenvalue weighted by Gasteiger charge is -2.11. The van der Waals surface area contributed by atoms with Gasteiger partial charge in [-0.25, -0.2) is 4.98 Å². The zero-order valence-electron chi connectivity index (χ0n) is 27.2. The van der Waals surface area contributed by atoms with E-state index in [1.54, 1.807) is 0 Å². The highest BCUT2D eigenvalue weighted by atomic mass is 16.3. The maximum absolute atomic E-state index is 6.52. The molecule has 236 valence electrons. The number of rotatable bonds is 3. The fraction of sp³-hybridized carbons (Fsp3) is 0. The summed E-state index contributed by atoms with van der Waals surface area (Å²) < 4.78 is 11.2. The molecule has 0 aliphatic carbocycles. The Morgan fingerprint density at radius 2 is 1.06 bits per heavy atom. The Bertz CT molecular complexity index is 3350. The van der Waals surface area contributed by atoms with Gasteiger partial charge in [-0.1, -0.05) is 121 Å². The van der Waals surface area contributed by atoms with Gasteiger partial charge < -0.3 is 8.82 Å². The molecule has 0 fully saturated rings. The lowest BCUT2D eigenvalue weighted by atomic mass is 10.0. The molecular formula is C46H26N4O. The molecule has 5 aromatic heterocycles. The van der Waals surface area contributed by atoms with Crippen LogP contribution in [0, 0.1) is 0 Å². The Labute approximate surface area is 290 Å². The maximum atomic E-state index is 6.52. The Morgan fingerprint density at radius 3 is 1.86 bits per heavy atom. The summed E-state index contributed by atoms with van der Waals surface area (Å²) in [6.45, 7) is 0. The molecule has 0 N–H and O–H groups in total. The number of nitrogens with zero attached hydrogens (tertiary/aromatic N) is 4. The topological polar surface area (TPSA) is 48.3 Å². The number of benzene rings is 7. The van der Waals surface area contributed by atoms with Crippen LogP contribution in [0.25, 0.3) is 110 Å². The van der Waals surface area contributed by atoms with E-state index in [9.17, 15) is 0 Å². The Morgan fingerprint density at radius 1 is 0.412 bits per heavy atom. The van der Waals surface area contributed by atoms with Crippen molar-refractivity contribution in [2.75, 3.05) is 0 Å². The molecule has 12 aromatic rings. The number of hydrogen-bond acceptors (Lipinski definition) is 3. The predicted octanol–water partition coefficient (Wildman–Crippen LogP) is 12.0. The molecule has 12 rings (SSSR count). The quantitative estimate of drug-likeness (QED) is 0.191. The molecular weight excluding hydrogens is 625 g/mol. The van der Waals surface area contributed by atoms with Crippen LogP contribution in [-0.4, -0.2) is 18.9 Å². The van der Waals surface area contributed by atoms with Gasteiger partial charge in [0.25, 0.3) is 0 Å². The summed E-state index contributed by atoms with van der Waals surface area (Å²) in [6.07, 6.45) is 0. The molecule has 0 unspecified atom stereocenters. The lowest BCUT2D eigenvalue weighted by molar-refractivity contribution is 0.651. The van der Waals surface area contributed by atoms with Gasteiger partial charge in [0, 0.05) is 43.3 Å². The Kier molecular flexibility index (Phi) is 5.17. The largest absolute Gasteiger partial charge is 0.437 e. The zero-order chi connectivity index (χ0) is 33.2. The highest BCUT2D eigenvalue weighted by molar-refractivity contribution is 6.34. The third-order valence-electron chi connectivity index (χ3n) is 10.7. The van der Waals surface area contributed by atoms with E-state index in [-0.39, 0.29) is 0 Å². The van der Waals surface area contributed by atoms with E-state index in [0.717, 1.165) is 44.0 Å². The molecule has 0 spiro atoms. The van der Waals surface area contributed by atoms with Crippen molar-refractivity contribution in [2.24, 2.45) is 0 Å². The van der Waals surface area contributed by atoms with Crippen molar-refractivity contribution in [2.45, 2.75) is 0 Å². The van der Waals surface area contributed by atoms with Crippen molar-refractivity contribution in [1.82, 2.24) is 18.9 Å². The highest BCUT2D eigenvalue weighted by Crippen LogP contribution is 2.47. The first kappa shape index (κ1) is 26.9. The summed E-state index contributed by atoms with van der Waals surface area (Å²) in [5.74, 6) is 0.579. The van der Waals surface area contributed by atoms with Gasteiger partial charge in [-0.05, 0) is 47.5 Å². The molecule has 0 amide bonds. The molecule has 5 heteroatoms. The number of para-hydroxylation sites is 3. The molecule has 0 aliphatic heterocycles. The second kappa shape index (κ2) is 9.80. The van der Waals surface area contributed by atoms with E-state index in [4.69, 9.17) is 14.4 Å². The van der Waals surface area contributed by atoms with Crippen molar-refractivity contribution in [1.29, 1.82) is 0 Å². The first-order valence-corrected chi connectivity index (χ1v) is 17.3. The Hall–Kier alpha value is -6.98. The van der Waals surface area contributed by atoms with Crippen LogP contribution in [-0.2, 0) is 0 Å². The maximum Gasteiger partial charge on any atom is 0.238 e. The van der Waals surface area contributed by atoms with Gasteiger partial charge in [-0.2, -0.15) is 4.98 Å². The van der Waals surface area contributed by atoms with Crippen LogP contribution < -0.4 is 0 Å². The van der Waals surface area contributed by atoms with E-state index in [1.807, 2.05) is 24.3 Å². The molecule has 0 radical (unpaired) electrons. The number of hydrogen-bond donors (Lipinski definition) is 0. The summed E-state index contributed by atoms with van der Waals surface area (Å²) in [5.41, 5.74) is 11.3. The van der Waals surface area contributed by atoms with Crippen LogP contribution in [0.4, 0.5) is 0 Å². The minimum Gasteiger partial charge on any atom is -0.437 e. The first-order chi connectivity index (χ1) is 25.3. The molecule has 0 atom stereocenters. The van der Waals surface area contributed by atoms with Crippen LogP contribution in [0.2, 0.25) is 0 Å². The summed E-state index contributed by atoms with van der Waals surface area (Å²) in [6, 6.07) is 55.8. The number of furan rings is 1. The van der Waals surface area contributed by atoms with Crippen LogP contribution in [0.15, 0.2) is 162 Å². The minimum atomic E-state index is 0.572. The molecule has 0 saturated carbocycles. The summed E-state index contributed by atoms with van der Waals surface area (Å²) >= 11 is 0. The molecule has 0 aliphatic rings. The second-order valence-corrected chi connectivity index (χ2v) is 13.4. The molecule has 7 aromatic carbocycles. The second-order valence-electron chi connectivity index (χ2n) is 13.4. The van der Waals surface area contributed by atoms with Gasteiger partial charge in [0.15, 0.2) is 0 Å². The van der Waals surface area contributed by atoms with Crippen LogP contribution in [0.1, 0.15) is 0 Å². The van der Waals surface area contributed by atoms with Crippen molar-refractivity contribution in [3.05, 3.63) is 158 Å². The van der Waals surface area contributed by atoms with Crippen molar-refractivity contribution >= 4 is 82.0 Å². The lowest BCUT2D eigenvalue weighted by Crippen LogP contribution is -2.03. The summed E-state index contributed by atoms with van der Waals surface area (Å²) in [5, 5.41) is 9.13. The molecule has 5 nitrogen and oxygen atoms in total. The fourth-order valence-corrected chi connectivity index (χ4v) is 8.54. The van der Waals surface area contributed by atoms with Gasteiger partial charge in [0.05, 0.1) is 38.7 Å². The van der Waals surface area contributed by atoms with Gasteiger partial charge in [0.2, 0.25) is 11.7 Å². The molecule has 5 heterocycles. The third kappa shape index (κ3) is 3.54. The van der Waals surface area contributed by atoms with E-state index in [1.165, 1.54) is 54.6 Å². The van der Waals surface area contributed by atoms with E-state index < -0.39 is 0 Å². The first-order valence-electron chi connectivity index (χ1n) is 17.3. The normalized spacial score (nSPS) is 12.3. The molecule has 0 saturated heterocycles. The van der Waals surface area contributed by atoms with Crippen LogP contribution in [0.3, 0.4) is 0 Å². The standard InChI is InChI=1S/C46H26N4O/c1-3-13-27(14-4-1)29-23-24-38-33(25-29)35-26-34-30-17-7-10-20-36(30)49-37-21-11-8-18-31(37)41(43(34)49)44(35)50(38)46-47-42(28-15-5-2-6-16-28)40-32-19-9-12-22-39(32)51-45(40)48-46/h1-26H. The van der Waals surface area contributed by atoms with Crippen molar-refractivity contribution < 1.29 is 4.42 Å². The average molecular weight is 651 g/mol. The van der Waals surface area contributed by atoms with Crippen LogP contribution in [0.5, 0.6) is 0 Å². The van der Waals surface area contributed by atoms with Gasteiger partial charge in [-0.15, -0.1) is 0 Å². The van der Waals surface area contributed by atoms with E-state index in [0.29, 0.717) is 11.7 Å². The van der Waals surface area contributed by atoms with Gasteiger partial charge >= 0.3 is 0 Å². The number of aromatic nitrogens is 4. The predicted molar refractivity (Wildman–Crippen MR) is 209 cm³/mol. The van der Waals surface area contributed by atoms with Crippen molar-refractivity contribution in [3.8, 4) is 28.3 Å². The third-order valence-corrected chi connectivity index (χ3v) is 10.7. The average Bonchev–Trinajstić information content (AvgIpc) is 3.93. The molecule has 51 heavy (non-hydrogen) atoms. The smallest absolute Gasteiger partial charge is 0.238 e. The fourth-order valence-electron chi connectivity index (χ4n) is 8.54. The van der Waals surface area contributed by atoms with Gasteiger partial charge in [0.1, 0.15) is 5.58 Å². The Balaban J connectivity index is 1.31. The highest BCUT2D eigenvalue weighted by Gasteiger charge is 2.26. The minimum absolute atomic E-state index is 0.572. The van der Waals surface area contributed by atoms with Crippen LogP contribution >= 0.6 is 0 Å². The van der Waals surface area contributed by atoms with Gasteiger partial charge in [-0.3, -0.25) is 4.57 Å². The van der Waals surface area contributed by atoms with E-state index >= 15 is 0 Å². The summed E-state index contributed by atoms with van der Waals surface area (Å²) in [7, 11) is 0. The summed E-state index contributed by atoms with van der Waals surface area (Å²) in [4.78, 5) is 10.7.